The third kappa shape index (κ3) is 5.49. The van der Waals surface area contributed by atoms with Crippen LogP contribution in [0.3, 0.4) is 0 Å². The van der Waals surface area contributed by atoms with Crippen LogP contribution >= 0.6 is 11.8 Å². The van der Waals surface area contributed by atoms with Gasteiger partial charge in [0.1, 0.15) is 5.69 Å². The number of thioether (sulfide) groups is 1. The first-order valence-electron chi connectivity index (χ1n) is 9.86. The number of rotatable bonds is 9. The van der Waals surface area contributed by atoms with Crippen molar-refractivity contribution in [3.63, 3.8) is 0 Å². The zero-order valence-electron chi connectivity index (χ0n) is 18.1. The molecule has 1 aromatic heterocycles. The molecule has 0 aliphatic carbocycles. The van der Waals surface area contributed by atoms with Crippen LogP contribution in [0.5, 0.6) is 11.5 Å². The van der Waals surface area contributed by atoms with E-state index in [4.69, 9.17) is 14.6 Å². The van der Waals surface area contributed by atoms with Gasteiger partial charge in [0.2, 0.25) is 5.91 Å². The molecule has 0 atom stereocenters. The van der Waals surface area contributed by atoms with Gasteiger partial charge >= 0.3 is 0 Å². The Balaban J connectivity index is 1.80. The minimum Gasteiger partial charge on any atom is -0.493 e. The molecule has 0 saturated heterocycles. The molecule has 1 amide bonds. The molecule has 2 aromatic carbocycles. The molecule has 8 nitrogen and oxygen atoms in total. The van der Waals surface area contributed by atoms with Crippen LogP contribution in [-0.4, -0.2) is 52.9 Å². The number of nitrogens with one attached hydrogen (secondary N) is 1. The number of fused-ring (bicyclic) bond motifs is 1. The van der Waals surface area contributed by atoms with Gasteiger partial charge in [-0.1, -0.05) is 18.2 Å². The first-order chi connectivity index (χ1) is 15.5. The second-order valence-corrected chi connectivity index (χ2v) is 7.94. The topological polar surface area (TPSA) is 103 Å². The van der Waals surface area contributed by atoms with Crippen molar-refractivity contribution in [3.05, 3.63) is 58.0 Å². The number of aromatic nitrogens is 2. The minimum absolute atomic E-state index is 0.0515. The normalized spacial score (nSPS) is 11.1. The lowest BCUT2D eigenvalue weighted by molar-refractivity contribution is -0.113. The molecule has 3 rings (SSSR count). The highest BCUT2D eigenvalue weighted by molar-refractivity contribution is 7.99. The second-order valence-electron chi connectivity index (χ2n) is 6.84. The summed E-state index contributed by atoms with van der Waals surface area (Å²) in [6, 6.07) is 10.7. The summed E-state index contributed by atoms with van der Waals surface area (Å²) in [6.45, 7) is 0.0515. The first kappa shape index (κ1) is 23.4. The van der Waals surface area contributed by atoms with Crippen LogP contribution < -0.4 is 20.3 Å². The molecule has 0 spiro atoms. The van der Waals surface area contributed by atoms with Gasteiger partial charge in [-0.2, -0.15) is 0 Å². The summed E-state index contributed by atoms with van der Waals surface area (Å²) < 4.78 is 12.2. The third-order valence-electron chi connectivity index (χ3n) is 4.70. The van der Waals surface area contributed by atoms with Crippen molar-refractivity contribution in [2.75, 3.05) is 37.6 Å². The maximum Gasteiger partial charge on any atom is 0.276 e. The number of benzene rings is 2. The molecule has 0 aliphatic rings. The van der Waals surface area contributed by atoms with Crippen molar-refractivity contribution in [3.8, 4) is 11.5 Å². The van der Waals surface area contributed by atoms with Gasteiger partial charge in [-0.25, -0.2) is 4.98 Å². The van der Waals surface area contributed by atoms with Crippen molar-refractivity contribution < 1.29 is 19.4 Å². The number of hydrogen-bond acceptors (Lipinski definition) is 7. The summed E-state index contributed by atoms with van der Waals surface area (Å²) in [7, 11) is 4.78. The fraction of sp³-hybridized carbons (Fsp3) is 0.261. The van der Waals surface area contributed by atoms with Gasteiger partial charge < -0.3 is 24.5 Å². The Morgan fingerprint density at radius 2 is 1.84 bits per heavy atom. The van der Waals surface area contributed by atoms with E-state index >= 15 is 0 Å². The van der Waals surface area contributed by atoms with Crippen molar-refractivity contribution in [2.24, 2.45) is 7.05 Å². The predicted octanol–water partition coefficient (Wildman–Crippen LogP) is 2.79. The van der Waals surface area contributed by atoms with Crippen LogP contribution in [0.25, 0.3) is 23.2 Å². The largest absolute Gasteiger partial charge is 0.493 e. The summed E-state index contributed by atoms with van der Waals surface area (Å²) >= 11 is 1.37. The summed E-state index contributed by atoms with van der Waals surface area (Å²) in [4.78, 5) is 29.1. The Morgan fingerprint density at radius 1 is 1.16 bits per heavy atom. The number of anilines is 1. The van der Waals surface area contributed by atoms with Gasteiger partial charge in [0.15, 0.2) is 11.5 Å². The molecule has 0 aliphatic heterocycles. The van der Waals surface area contributed by atoms with E-state index in [0.717, 1.165) is 5.56 Å². The minimum atomic E-state index is -0.231. The fourth-order valence-electron chi connectivity index (χ4n) is 3.06. The number of ether oxygens (including phenoxy) is 2. The molecule has 1 heterocycles. The number of aliphatic hydroxyl groups is 1. The number of hydrogen-bond donors (Lipinski definition) is 2. The molecule has 168 valence electrons. The molecule has 2 N–H and O–H groups in total. The Hall–Kier alpha value is -3.30. The summed E-state index contributed by atoms with van der Waals surface area (Å²) in [5, 5.41) is 11.6. The second kappa shape index (κ2) is 10.8. The van der Waals surface area contributed by atoms with Gasteiger partial charge in [0, 0.05) is 30.6 Å². The summed E-state index contributed by atoms with van der Waals surface area (Å²) in [5.74, 6) is 1.76. The van der Waals surface area contributed by atoms with Gasteiger partial charge in [0.05, 0.1) is 37.6 Å². The molecule has 0 bridgehead atoms. The number of aryl methyl sites for hydroxylation is 1. The lowest BCUT2D eigenvalue weighted by Crippen LogP contribution is -2.21. The summed E-state index contributed by atoms with van der Waals surface area (Å²) in [6.07, 6.45) is 3.45. The number of nitrogens with zero attached hydrogens (tertiary/aromatic N) is 2. The number of aliphatic hydroxyl groups excluding tert-OH is 1. The highest BCUT2D eigenvalue weighted by atomic mass is 32.2. The molecule has 9 heteroatoms. The van der Waals surface area contributed by atoms with Crippen LogP contribution in [0, 0.1) is 0 Å². The van der Waals surface area contributed by atoms with E-state index in [2.05, 4.69) is 10.3 Å². The molecule has 0 saturated carbocycles. The monoisotopic (exact) mass is 455 g/mol. The molecule has 0 radical (unpaired) electrons. The molecule has 3 aromatic rings. The average molecular weight is 456 g/mol. The van der Waals surface area contributed by atoms with Crippen LogP contribution in [0.2, 0.25) is 0 Å². The van der Waals surface area contributed by atoms with Crippen LogP contribution in [0.1, 0.15) is 11.3 Å². The van der Waals surface area contributed by atoms with E-state index in [-0.39, 0.29) is 23.8 Å². The molecular formula is C23H25N3O5S. The highest BCUT2D eigenvalue weighted by Crippen LogP contribution is 2.30. The average Bonchev–Trinajstić information content (AvgIpc) is 2.80. The van der Waals surface area contributed by atoms with Crippen LogP contribution in [0.15, 0.2) is 41.2 Å². The predicted molar refractivity (Wildman–Crippen MR) is 128 cm³/mol. The zero-order valence-corrected chi connectivity index (χ0v) is 18.9. The number of amides is 1. The quantitative estimate of drug-likeness (QED) is 0.478. The van der Waals surface area contributed by atoms with Crippen LogP contribution in [0.4, 0.5) is 5.69 Å². The molecular weight excluding hydrogens is 430 g/mol. The van der Waals surface area contributed by atoms with Gasteiger partial charge in [-0.15, -0.1) is 11.8 Å². The maximum atomic E-state index is 12.8. The van der Waals surface area contributed by atoms with Crippen LogP contribution in [-0.2, 0) is 11.8 Å². The smallest absolute Gasteiger partial charge is 0.276 e. The summed E-state index contributed by atoms with van der Waals surface area (Å²) in [5.41, 5.74) is 2.85. The SMILES string of the molecule is COc1cc2nc(/C=C/c3ccc(NC(=O)CSCCO)cc3)c(=O)n(C)c2cc1OC. The van der Waals surface area contributed by atoms with E-state index in [1.54, 1.807) is 57.7 Å². The van der Waals surface area contributed by atoms with Gasteiger partial charge in [0.25, 0.3) is 5.56 Å². The van der Waals surface area contributed by atoms with Crippen molar-refractivity contribution in [1.82, 2.24) is 9.55 Å². The zero-order chi connectivity index (χ0) is 23.1. The van der Waals surface area contributed by atoms with E-state index < -0.39 is 0 Å². The Bertz CT molecular complexity index is 1190. The van der Waals surface area contributed by atoms with E-state index in [9.17, 15) is 9.59 Å². The van der Waals surface area contributed by atoms with Crippen molar-refractivity contribution in [2.45, 2.75) is 0 Å². The molecule has 32 heavy (non-hydrogen) atoms. The highest BCUT2D eigenvalue weighted by Gasteiger charge is 2.12. The molecule has 0 fully saturated rings. The Morgan fingerprint density at radius 3 is 2.50 bits per heavy atom. The lowest BCUT2D eigenvalue weighted by atomic mass is 10.1. The van der Waals surface area contributed by atoms with E-state index in [0.29, 0.717) is 39.7 Å². The van der Waals surface area contributed by atoms with E-state index in [1.807, 2.05) is 12.1 Å². The first-order valence-corrected chi connectivity index (χ1v) is 11.0. The van der Waals surface area contributed by atoms with E-state index in [1.165, 1.54) is 16.3 Å². The van der Waals surface area contributed by atoms with Gasteiger partial charge in [-0.05, 0) is 23.8 Å². The number of methoxy groups -OCH3 is 2. The lowest BCUT2D eigenvalue weighted by Gasteiger charge is -2.11. The third-order valence-corrected chi connectivity index (χ3v) is 5.64. The van der Waals surface area contributed by atoms with Gasteiger partial charge in [-0.3, -0.25) is 9.59 Å². The fourth-order valence-corrected chi connectivity index (χ4v) is 3.59. The standard InChI is InChI=1S/C23H25N3O5S/c1-26-19-13-21(31-3)20(30-2)12-18(19)25-17(23(26)29)9-6-15-4-7-16(8-5-15)24-22(28)14-32-11-10-27/h4-9,12-13,27H,10-11,14H2,1-3H3,(H,24,28)/b9-6+. The maximum absolute atomic E-state index is 12.8. The molecule has 0 unspecified atom stereocenters. The number of carbonyl (C=O) groups excluding carboxylic acids is 1. The Labute approximate surface area is 189 Å². The van der Waals surface area contributed by atoms with Crippen molar-refractivity contribution in [1.29, 1.82) is 0 Å². The van der Waals surface area contributed by atoms with Crippen molar-refractivity contribution >= 4 is 46.5 Å². The number of carbonyl (C=O) groups is 1. The Kier molecular flexibility index (Phi) is 7.91.